The first kappa shape index (κ1) is 19.5. The second-order valence-electron chi connectivity index (χ2n) is 6.95. The molecule has 4 aromatic rings. The number of fused-ring (bicyclic) bond motifs is 1. The highest BCUT2D eigenvalue weighted by Crippen LogP contribution is 2.18. The van der Waals surface area contributed by atoms with Crippen molar-refractivity contribution in [2.75, 3.05) is 0 Å². The largest absolute Gasteiger partial charge is 0.328 e. The highest BCUT2D eigenvalue weighted by atomic mass is 16.2. The predicted molar refractivity (Wildman–Crippen MR) is 110 cm³/mol. The van der Waals surface area contributed by atoms with Crippen LogP contribution in [-0.4, -0.2) is 40.8 Å². The van der Waals surface area contributed by atoms with Crippen LogP contribution < -0.4 is 10.6 Å². The third-order valence-corrected chi connectivity index (χ3v) is 4.76. The molecule has 0 aliphatic rings. The van der Waals surface area contributed by atoms with E-state index in [0.29, 0.717) is 11.6 Å². The number of aromatic nitrogens is 7. The summed E-state index contributed by atoms with van der Waals surface area (Å²) in [7, 11) is 0. The minimum atomic E-state index is -0.405. The zero-order valence-electron chi connectivity index (χ0n) is 16.8. The number of benzene rings is 1. The Morgan fingerprint density at radius 2 is 1.80 bits per heavy atom. The number of hydrogen-bond donors (Lipinski definition) is 2. The van der Waals surface area contributed by atoms with Crippen molar-refractivity contribution in [1.82, 2.24) is 45.4 Å². The Hall–Kier alpha value is -3.82. The van der Waals surface area contributed by atoms with E-state index in [1.165, 1.54) is 0 Å². The first-order valence-electron chi connectivity index (χ1n) is 9.87. The van der Waals surface area contributed by atoms with Gasteiger partial charge in [0, 0.05) is 6.20 Å². The standard InChI is InChI=1S/C20H23N9O/c1-3-9-16(19-24-23-17-12-7-8-13-28(17)19)22-20(30)21-14(2)18-25-26-27-29(18)15-10-5-4-6-11-15/h4-8,10-14,16H,3,9H2,1-2H3,(H2,21,22,30). The maximum atomic E-state index is 12.8. The first-order chi connectivity index (χ1) is 14.7. The van der Waals surface area contributed by atoms with Crippen LogP contribution in [0.15, 0.2) is 54.7 Å². The fourth-order valence-corrected chi connectivity index (χ4v) is 3.33. The molecule has 0 radical (unpaired) electrons. The molecule has 2 N–H and O–H groups in total. The first-order valence-corrected chi connectivity index (χ1v) is 9.87. The van der Waals surface area contributed by atoms with Crippen molar-refractivity contribution in [2.45, 2.75) is 38.8 Å². The quantitative estimate of drug-likeness (QED) is 0.488. The van der Waals surface area contributed by atoms with Gasteiger partial charge in [-0.25, -0.2) is 4.79 Å². The van der Waals surface area contributed by atoms with Gasteiger partial charge in [-0.1, -0.05) is 37.6 Å². The lowest BCUT2D eigenvalue weighted by Crippen LogP contribution is -2.40. The van der Waals surface area contributed by atoms with Gasteiger partial charge >= 0.3 is 6.03 Å². The molecule has 0 bridgehead atoms. The van der Waals surface area contributed by atoms with E-state index in [-0.39, 0.29) is 12.1 Å². The number of pyridine rings is 1. The Morgan fingerprint density at radius 1 is 1.00 bits per heavy atom. The Bertz CT molecular complexity index is 1120. The maximum absolute atomic E-state index is 12.8. The molecule has 10 heteroatoms. The molecule has 1 aromatic carbocycles. The van der Waals surface area contributed by atoms with E-state index >= 15 is 0 Å². The van der Waals surface area contributed by atoms with Crippen LogP contribution >= 0.6 is 0 Å². The second-order valence-corrected chi connectivity index (χ2v) is 6.95. The van der Waals surface area contributed by atoms with Gasteiger partial charge in [0.15, 0.2) is 17.3 Å². The van der Waals surface area contributed by atoms with Crippen molar-refractivity contribution in [1.29, 1.82) is 0 Å². The van der Waals surface area contributed by atoms with Gasteiger partial charge in [0.05, 0.1) is 17.8 Å². The second kappa shape index (κ2) is 8.68. The summed E-state index contributed by atoms with van der Waals surface area (Å²) in [6.45, 7) is 3.90. The van der Waals surface area contributed by atoms with E-state index < -0.39 is 6.04 Å². The van der Waals surface area contributed by atoms with Gasteiger partial charge in [0.1, 0.15) is 0 Å². The van der Waals surface area contributed by atoms with Crippen LogP contribution in [0.1, 0.15) is 50.4 Å². The SMILES string of the molecule is CCCC(NC(=O)NC(C)c1nnnn1-c1ccccc1)c1nnc2ccccn12. The lowest BCUT2D eigenvalue weighted by Gasteiger charge is -2.19. The molecule has 3 heterocycles. The van der Waals surface area contributed by atoms with Gasteiger partial charge in [-0.2, -0.15) is 4.68 Å². The number of tetrazole rings is 1. The Labute approximate surface area is 173 Å². The predicted octanol–water partition coefficient (Wildman–Crippen LogP) is 2.61. The van der Waals surface area contributed by atoms with Gasteiger partial charge in [0.25, 0.3) is 0 Å². The van der Waals surface area contributed by atoms with Gasteiger partial charge < -0.3 is 10.6 Å². The molecule has 0 aliphatic carbocycles. The zero-order valence-corrected chi connectivity index (χ0v) is 16.8. The molecule has 2 atom stereocenters. The number of para-hydroxylation sites is 1. The molecule has 0 fully saturated rings. The molecule has 0 aliphatic heterocycles. The Morgan fingerprint density at radius 3 is 2.60 bits per heavy atom. The van der Waals surface area contributed by atoms with E-state index in [2.05, 4.69) is 43.3 Å². The molecule has 2 amide bonds. The van der Waals surface area contributed by atoms with Crippen LogP contribution in [0.2, 0.25) is 0 Å². The Kier molecular flexibility index (Phi) is 5.64. The van der Waals surface area contributed by atoms with Crippen LogP contribution in [0.25, 0.3) is 11.3 Å². The fourth-order valence-electron chi connectivity index (χ4n) is 3.33. The van der Waals surface area contributed by atoms with Crippen LogP contribution in [0.3, 0.4) is 0 Å². The summed E-state index contributed by atoms with van der Waals surface area (Å²) in [5, 5.41) is 26.3. The normalized spacial score (nSPS) is 13.1. The van der Waals surface area contributed by atoms with Crippen LogP contribution in [0, 0.1) is 0 Å². The lowest BCUT2D eigenvalue weighted by atomic mass is 10.1. The van der Waals surface area contributed by atoms with Crippen molar-refractivity contribution in [2.24, 2.45) is 0 Å². The minimum Gasteiger partial charge on any atom is -0.328 e. The average Bonchev–Trinajstić information content (AvgIpc) is 3.41. The van der Waals surface area contributed by atoms with Gasteiger partial charge in [-0.3, -0.25) is 4.40 Å². The highest BCUT2D eigenvalue weighted by molar-refractivity contribution is 5.74. The van der Waals surface area contributed by atoms with Gasteiger partial charge in [-0.05, 0) is 48.0 Å². The van der Waals surface area contributed by atoms with Gasteiger partial charge in [0.2, 0.25) is 0 Å². The molecule has 3 aromatic heterocycles. The van der Waals surface area contributed by atoms with E-state index in [1.54, 1.807) is 4.68 Å². The number of urea groups is 1. The number of amides is 2. The van der Waals surface area contributed by atoms with Crippen molar-refractivity contribution in [3.63, 3.8) is 0 Å². The summed E-state index contributed by atoms with van der Waals surface area (Å²) in [5.41, 5.74) is 1.57. The highest BCUT2D eigenvalue weighted by Gasteiger charge is 2.22. The molecular weight excluding hydrogens is 382 g/mol. The summed E-state index contributed by atoms with van der Waals surface area (Å²) in [6.07, 6.45) is 3.51. The fraction of sp³-hybridized carbons (Fsp3) is 0.300. The third kappa shape index (κ3) is 3.97. The molecule has 4 rings (SSSR count). The number of nitrogens with one attached hydrogen (secondary N) is 2. The van der Waals surface area contributed by atoms with Gasteiger partial charge in [-0.15, -0.1) is 15.3 Å². The van der Waals surface area contributed by atoms with E-state index in [4.69, 9.17) is 0 Å². The maximum Gasteiger partial charge on any atom is 0.315 e. The molecule has 0 saturated heterocycles. The molecule has 2 unspecified atom stereocenters. The van der Waals surface area contributed by atoms with E-state index in [9.17, 15) is 4.79 Å². The molecule has 10 nitrogen and oxygen atoms in total. The summed E-state index contributed by atoms with van der Waals surface area (Å²) in [4.78, 5) is 12.8. The van der Waals surface area contributed by atoms with Crippen molar-refractivity contribution >= 4 is 11.7 Å². The zero-order chi connectivity index (χ0) is 20.9. The van der Waals surface area contributed by atoms with Crippen LogP contribution in [0.4, 0.5) is 4.79 Å². The summed E-state index contributed by atoms with van der Waals surface area (Å²) < 4.78 is 3.50. The molecular formula is C20H23N9O. The molecule has 154 valence electrons. The summed E-state index contributed by atoms with van der Waals surface area (Å²) in [6, 6.07) is 14.2. The average molecular weight is 405 g/mol. The van der Waals surface area contributed by atoms with E-state index in [0.717, 1.165) is 24.2 Å². The molecule has 30 heavy (non-hydrogen) atoms. The smallest absolute Gasteiger partial charge is 0.315 e. The number of nitrogens with zero attached hydrogens (tertiary/aromatic N) is 7. The third-order valence-electron chi connectivity index (χ3n) is 4.76. The van der Waals surface area contributed by atoms with Crippen LogP contribution in [0.5, 0.6) is 0 Å². The van der Waals surface area contributed by atoms with Crippen molar-refractivity contribution < 1.29 is 4.79 Å². The molecule has 0 saturated carbocycles. The summed E-state index contributed by atoms with van der Waals surface area (Å²) >= 11 is 0. The number of hydrogen-bond acceptors (Lipinski definition) is 6. The lowest BCUT2D eigenvalue weighted by molar-refractivity contribution is 0.232. The number of rotatable bonds is 7. The van der Waals surface area contributed by atoms with Crippen molar-refractivity contribution in [3.8, 4) is 5.69 Å². The summed E-state index contributed by atoms with van der Waals surface area (Å²) in [5.74, 6) is 1.24. The number of carbonyl (C=O) groups is 1. The number of carbonyl (C=O) groups excluding carboxylic acids is 1. The monoisotopic (exact) mass is 405 g/mol. The van der Waals surface area contributed by atoms with E-state index in [1.807, 2.05) is 66.1 Å². The van der Waals surface area contributed by atoms with Crippen molar-refractivity contribution in [3.05, 3.63) is 66.4 Å². The minimum absolute atomic E-state index is 0.273. The molecule has 0 spiro atoms. The topological polar surface area (TPSA) is 115 Å². The Balaban J connectivity index is 1.49. The van der Waals surface area contributed by atoms with Crippen LogP contribution in [-0.2, 0) is 0 Å².